The molecule has 0 saturated carbocycles. The number of amides is 2. The molecule has 2 aliphatic rings. The van der Waals surface area contributed by atoms with E-state index in [9.17, 15) is 18.0 Å². The summed E-state index contributed by atoms with van der Waals surface area (Å²) < 4.78 is 32.6. The second kappa shape index (κ2) is 9.46. The normalized spacial score (nSPS) is 20.5. The van der Waals surface area contributed by atoms with Gasteiger partial charge >= 0.3 is 6.09 Å². The molecule has 2 aliphatic heterocycles. The number of nitriles is 1. The van der Waals surface area contributed by atoms with Gasteiger partial charge in [-0.3, -0.25) is 4.79 Å². The highest BCUT2D eigenvalue weighted by Gasteiger charge is 2.36. The number of piperazine rings is 1. The lowest BCUT2D eigenvalue weighted by Crippen LogP contribution is -2.54. The van der Waals surface area contributed by atoms with Gasteiger partial charge in [-0.1, -0.05) is 0 Å². The largest absolute Gasteiger partial charge is 0.444 e. The van der Waals surface area contributed by atoms with Gasteiger partial charge in [-0.15, -0.1) is 0 Å². The van der Waals surface area contributed by atoms with Gasteiger partial charge in [-0.05, 0) is 57.9 Å². The van der Waals surface area contributed by atoms with Gasteiger partial charge in [0.15, 0.2) is 0 Å². The summed E-state index contributed by atoms with van der Waals surface area (Å²) in [5.74, 6) is -0.355. The second-order valence-corrected chi connectivity index (χ2v) is 11.1. The molecule has 9 nitrogen and oxygen atoms in total. The van der Waals surface area contributed by atoms with Crippen LogP contribution in [-0.2, 0) is 19.6 Å². The summed E-state index contributed by atoms with van der Waals surface area (Å²) in [6.45, 7) is 7.32. The molecule has 0 unspecified atom stereocenters. The fourth-order valence-electron chi connectivity index (χ4n) is 3.93. The third-order valence-corrected chi connectivity index (χ3v) is 7.51. The summed E-state index contributed by atoms with van der Waals surface area (Å²) in [5, 5.41) is 8.89. The predicted octanol–water partition coefficient (Wildman–Crippen LogP) is 2.04. The van der Waals surface area contributed by atoms with E-state index < -0.39 is 21.7 Å². The maximum atomic E-state index is 13.1. The van der Waals surface area contributed by atoms with Gasteiger partial charge in [-0.2, -0.15) is 9.57 Å². The zero-order valence-corrected chi connectivity index (χ0v) is 19.6. The van der Waals surface area contributed by atoms with Gasteiger partial charge in [0.1, 0.15) is 5.60 Å². The van der Waals surface area contributed by atoms with Gasteiger partial charge in [0.25, 0.3) is 0 Å². The monoisotopic (exact) mass is 462 g/mol. The van der Waals surface area contributed by atoms with Crippen LogP contribution in [0.4, 0.5) is 4.79 Å². The summed E-state index contributed by atoms with van der Waals surface area (Å²) in [7, 11) is -3.68. The summed E-state index contributed by atoms with van der Waals surface area (Å²) >= 11 is 0. The maximum absolute atomic E-state index is 13.1. The number of ether oxygens (including phenoxy) is 1. The van der Waals surface area contributed by atoms with Crippen molar-refractivity contribution in [1.29, 1.82) is 5.26 Å². The molecular weight excluding hydrogens is 432 g/mol. The Morgan fingerprint density at radius 3 is 2.22 bits per heavy atom. The van der Waals surface area contributed by atoms with Crippen LogP contribution in [0.5, 0.6) is 0 Å². The van der Waals surface area contributed by atoms with E-state index in [4.69, 9.17) is 10.00 Å². The lowest BCUT2D eigenvalue weighted by atomic mass is 9.96. The standard InChI is InChI=1S/C22H30N4O5S/c1-22(2,3)31-21(28)25-10-4-5-18(16-25)20(27)24-11-13-26(14-12-24)32(29,30)19-8-6-17(15-23)7-9-19/h6-9,18H,4-5,10-14,16H2,1-3H3/t18-/m0/s1. The summed E-state index contributed by atoms with van der Waals surface area (Å²) in [5.41, 5.74) is -0.197. The van der Waals surface area contributed by atoms with Gasteiger partial charge in [0.2, 0.25) is 15.9 Å². The fourth-order valence-corrected chi connectivity index (χ4v) is 5.35. The van der Waals surface area contributed by atoms with Crippen molar-refractivity contribution >= 4 is 22.0 Å². The number of piperidine rings is 1. The summed E-state index contributed by atoms with van der Waals surface area (Å²) in [4.78, 5) is 28.8. The van der Waals surface area contributed by atoms with Crippen LogP contribution in [0.2, 0.25) is 0 Å². The Labute approximate surface area is 189 Å². The molecule has 2 fully saturated rings. The number of rotatable bonds is 3. The van der Waals surface area contributed by atoms with E-state index in [1.165, 1.54) is 28.6 Å². The molecule has 3 rings (SSSR count). The molecule has 0 spiro atoms. The van der Waals surface area contributed by atoms with Gasteiger partial charge in [0.05, 0.1) is 22.4 Å². The molecule has 1 aromatic rings. The number of sulfonamides is 1. The van der Waals surface area contributed by atoms with Crippen molar-refractivity contribution in [2.75, 3.05) is 39.3 Å². The molecule has 1 aromatic carbocycles. The van der Waals surface area contributed by atoms with E-state index in [-0.39, 0.29) is 29.8 Å². The van der Waals surface area contributed by atoms with Crippen molar-refractivity contribution in [1.82, 2.24) is 14.1 Å². The van der Waals surface area contributed by atoms with Crippen LogP contribution in [0.15, 0.2) is 29.2 Å². The Morgan fingerprint density at radius 1 is 1.03 bits per heavy atom. The molecule has 1 atom stereocenters. The third kappa shape index (κ3) is 5.58. The molecule has 0 aromatic heterocycles. The number of hydrogen-bond donors (Lipinski definition) is 0. The average Bonchev–Trinajstić information content (AvgIpc) is 2.77. The smallest absolute Gasteiger partial charge is 0.410 e. The van der Waals surface area contributed by atoms with Crippen molar-refractivity contribution in [3.05, 3.63) is 29.8 Å². The Hall–Kier alpha value is -2.64. The first-order chi connectivity index (χ1) is 15.0. The minimum absolute atomic E-state index is 0.0475. The second-order valence-electron chi connectivity index (χ2n) is 9.13. The Balaban J connectivity index is 1.58. The van der Waals surface area contributed by atoms with E-state index in [1.54, 1.807) is 9.80 Å². The van der Waals surface area contributed by atoms with E-state index in [2.05, 4.69) is 0 Å². The van der Waals surface area contributed by atoms with Crippen LogP contribution in [0.25, 0.3) is 0 Å². The lowest BCUT2D eigenvalue weighted by Gasteiger charge is -2.38. The molecule has 0 N–H and O–H groups in total. The van der Waals surface area contributed by atoms with Crippen LogP contribution in [-0.4, -0.2) is 79.4 Å². The topological polar surface area (TPSA) is 111 Å². The highest BCUT2D eigenvalue weighted by atomic mass is 32.2. The molecular formula is C22H30N4O5S. The zero-order valence-electron chi connectivity index (χ0n) is 18.8. The number of carbonyl (C=O) groups is 2. The molecule has 2 amide bonds. The molecule has 174 valence electrons. The van der Waals surface area contributed by atoms with Crippen LogP contribution in [0.1, 0.15) is 39.2 Å². The molecule has 2 heterocycles. The minimum atomic E-state index is -3.68. The lowest BCUT2D eigenvalue weighted by molar-refractivity contribution is -0.138. The first-order valence-corrected chi connectivity index (χ1v) is 12.2. The first kappa shape index (κ1) is 24.0. The van der Waals surface area contributed by atoms with Crippen molar-refractivity contribution in [2.45, 2.75) is 44.1 Å². The van der Waals surface area contributed by atoms with Crippen molar-refractivity contribution < 1.29 is 22.7 Å². The molecule has 32 heavy (non-hydrogen) atoms. The first-order valence-electron chi connectivity index (χ1n) is 10.8. The highest BCUT2D eigenvalue weighted by Crippen LogP contribution is 2.23. The van der Waals surface area contributed by atoms with E-state index in [0.29, 0.717) is 38.2 Å². The molecule has 0 radical (unpaired) electrons. The van der Waals surface area contributed by atoms with Crippen LogP contribution in [0, 0.1) is 17.2 Å². The number of hydrogen-bond acceptors (Lipinski definition) is 6. The number of benzene rings is 1. The van der Waals surface area contributed by atoms with Crippen molar-refractivity contribution in [3.63, 3.8) is 0 Å². The van der Waals surface area contributed by atoms with E-state index in [1.807, 2.05) is 26.8 Å². The third-order valence-electron chi connectivity index (χ3n) is 5.59. The molecule has 10 heteroatoms. The molecule has 0 bridgehead atoms. The number of nitrogens with zero attached hydrogens (tertiary/aromatic N) is 4. The van der Waals surface area contributed by atoms with Crippen molar-refractivity contribution in [2.24, 2.45) is 5.92 Å². The quantitative estimate of drug-likeness (QED) is 0.680. The Morgan fingerprint density at radius 2 is 1.66 bits per heavy atom. The van der Waals surface area contributed by atoms with Gasteiger partial charge in [-0.25, -0.2) is 13.2 Å². The van der Waals surface area contributed by atoms with Gasteiger partial charge < -0.3 is 14.5 Å². The molecule has 2 saturated heterocycles. The average molecular weight is 463 g/mol. The van der Waals surface area contributed by atoms with E-state index in [0.717, 1.165) is 6.42 Å². The molecule has 0 aliphatic carbocycles. The number of carbonyl (C=O) groups excluding carboxylic acids is 2. The zero-order chi connectivity index (χ0) is 23.5. The van der Waals surface area contributed by atoms with Crippen LogP contribution >= 0.6 is 0 Å². The summed E-state index contributed by atoms with van der Waals surface area (Å²) in [6, 6.07) is 7.79. The Bertz CT molecular complexity index is 987. The maximum Gasteiger partial charge on any atom is 0.410 e. The fraction of sp³-hybridized carbons (Fsp3) is 0.591. The van der Waals surface area contributed by atoms with Crippen LogP contribution in [0.3, 0.4) is 0 Å². The number of likely N-dealkylation sites (tertiary alicyclic amines) is 1. The highest BCUT2D eigenvalue weighted by molar-refractivity contribution is 7.89. The predicted molar refractivity (Wildman–Crippen MR) is 117 cm³/mol. The van der Waals surface area contributed by atoms with Gasteiger partial charge in [0, 0.05) is 39.3 Å². The van der Waals surface area contributed by atoms with Crippen molar-refractivity contribution in [3.8, 4) is 6.07 Å². The Kier molecular flexibility index (Phi) is 7.10. The van der Waals surface area contributed by atoms with Crippen LogP contribution < -0.4 is 0 Å². The SMILES string of the molecule is CC(C)(C)OC(=O)N1CCC[C@H](C(=O)N2CCN(S(=O)(=O)c3ccc(C#N)cc3)CC2)C1. The summed E-state index contributed by atoms with van der Waals surface area (Å²) in [6.07, 6.45) is 1.01. The minimum Gasteiger partial charge on any atom is -0.444 e. The van der Waals surface area contributed by atoms with E-state index >= 15 is 0 Å².